The zero-order chi connectivity index (χ0) is 15.9. The lowest BCUT2D eigenvalue weighted by Gasteiger charge is -2.33. The van der Waals surface area contributed by atoms with E-state index in [9.17, 15) is 9.59 Å². The Morgan fingerprint density at radius 2 is 2.23 bits per heavy atom. The standard InChI is InChI=1S/C16H21N3O3/c1-9-16(21)19(8-14(20)18-2)12-7-11(5-6-13(12)22-9)15(17)10-3-4-10/h5-7,9-10,15H,3-4,8,17H2,1-2H3,(H,18,20). The fourth-order valence-electron chi connectivity index (χ4n) is 2.74. The molecule has 2 unspecified atom stereocenters. The van der Waals surface area contributed by atoms with Crippen LogP contribution in [0.15, 0.2) is 18.2 Å². The van der Waals surface area contributed by atoms with Gasteiger partial charge in [0.25, 0.3) is 5.91 Å². The van der Waals surface area contributed by atoms with Gasteiger partial charge in [0.1, 0.15) is 12.3 Å². The number of nitrogens with one attached hydrogen (secondary N) is 1. The largest absolute Gasteiger partial charge is 0.479 e. The van der Waals surface area contributed by atoms with Crippen LogP contribution in [0.2, 0.25) is 0 Å². The molecule has 0 radical (unpaired) electrons. The lowest BCUT2D eigenvalue weighted by Crippen LogP contribution is -2.48. The van der Waals surface area contributed by atoms with E-state index >= 15 is 0 Å². The Morgan fingerprint density at radius 3 is 2.86 bits per heavy atom. The minimum absolute atomic E-state index is 0.0157. The molecule has 1 saturated carbocycles. The van der Waals surface area contributed by atoms with Gasteiger partial charge >= 0.3 is 0 Å². The number of fused-ring (bicyclic) bond motifs is 1. The third kappa shape index (κ3) is 2.66. The van der Waals surface area contributed by atoms with Crippen molar-refractivity contribution in [1.82, 2.24) is 5.32 Å². The molecular weight excluding hydrogens is 282 g/mol. The summed E-state index contributed by atoms with van der Waals surface area (Å²) in [5.74, 6) is 0.700. The summed E-state index contributed by atoms with van der Waals surface area (Å²) in [4.78, 5) is 25.5. The number of nitrogens with two attached hydrogens (primary N) is 1. The zero-order valence-electron chi connectivity index (χ0n) is 12.8. The summed E-state index contributed by atoms with van der Waals surface area (Å²) >= 11 is 0. The first-order valence-corrected chi connectivity index (χ1v) is 7.59. The molecule has 0 saturated heterocycles. The Bertz CT molecular complexity index is 613. The lowest BCUT2D eigenvalue weighted by molar-refractivity contribution is -0.128. The number of carbonyl (C=O) groups excluding carboxylic acids is 2. The number of hydrogen-bond donors (Lipinski definition) is 2. The van der Waals surface area contributed by atoms with Crippen LogP contribution in [0.25, 0.3) is 0 Å². The molecular formula is C16H21N3O3. The number of carbonyl (C=O) groups is 2. The zero-order valence-corrected chi connectivity index (χ0v) is 12.8. The van der Waals surface area contributed by atoms with Gasteiger partial charge in [0.05, 0.1) is 5.69 Å². The molecule has 6 nitrogen and oxygen atoms in total. The predicted octanol–water partition coefficient (Wildman–Crippen LogP) is 0.956. The number of rotatable bonds is 4. The molecule has 2 aliphatic rings. The summed E-state index contributed by atoms with van der Waals surface area (Å²) in [7, 11) is 1.55. The summed E-state index contributed by atoms with van der Waals surface area (Å²) in [6.07, 6.45) is 1.69. The average Bonchev–Trinajstić information content (AvgIpc) is 3.35. The Hall–Kier alpha value is -2.08. The number of hydrogen-bond acceptors (Lipinski definition) is 4. The van der Waals surface area contributed by atoms with Gasteiger partial charge < -0.3 is 15.8 Å². The van der Waals surface area contributed by atoms with Gasteiger partial charge in [-0.15, -0.1) is 0 Å². The van der Waals surface area contributed by atoms with Gasteiger partial charge in [0.2, 0.25) is 5.91 Å². The second-order valence-electron chi connectivity index (χ2n) is 5.95. The molecule has 6 heteroatoms. The van der Waals surface area contributed by atoms with E-state index in [4.69, 9.17) is 10.5 Å². The van der Waals surface area contributed by atoms with Crippen molar-refractivity contribution in [3.05, 3.63) is 23.8 Å². The van der Waals surface area contributed by atoms with Crippen molar-refractivity contribution >= 4 is 17.5 Å². The first kappa shape index (κ1) is 14.8. The van der Waals surface area contributed by atoms with Crippen molar-refractivity contribution in [3.63, 3.8) is 0 Å². The Kier molecular flexibility index (Phi) is 3.78. The Morgan fingerprint density at radius 1 is 1.50 bits per heavy atom. The molecule has 0 bridgehead atoms. The van der Waals surface area contributed by atoms with Crippen molar-refractivity contribution in [2.75, 3.05) is 18.5 Å². The minimum Gasteiger partial charge on any atom is -0.479 e. The van der Waals surface area contributed by atoms with Crippen LogP contribution in [0.1, 0.15) is 31.4 Å². The van der Waals surface area contributed by atoms with Crippen molar-refractivity contribution < 1.29 is 14.3 Å². The molecule has 1 aliphatic heterocycles. The average molecular weight is 303 g/mol. The van der Waals surface area contributed by atoms with Gasteiger partial charge in [-0.2, -0.15) is 0 Å². The van der Waals surface area contributed by atoms with Gasteiger partial charge in [-0.3, -0.25) is 14.5 Å². The maximum absolute atomic E-state index is 12.4. The first-order chi connectivity index (χ1) is 10.5. The van der Waals surface area contributed by atoms with E-state index in [-0.39, 0.29) is 24.4 Å². The molecule has 1 aromatic rings. The highest BCUT2D eigenvalue weighted by molar-refractivity contribution is 6.03. The van der Waals surface area contributed by atoms with Gasteiger partial charge in [0.15, 0.2) is 6.10 Å². The summed E-state index contributed by atoms with van der Waals surface area (Å²) in [6, 6.07) is 5.64. The summed E-state index contributed by atoms with van der Waals surface area (Å²) in [5.41, 5.74) is 7.85. The van der Waals surface area contributed by atoms with E-state index in [2.05, 4.69) is 5.32 Å². The van der Waals surface area contributed by atoms with Crippen LogP contribution < -0.4 is 20.7 Å². The van der Waals surface area contributed by atoms with E-state index in [1.54, 1.807) is 14.0 Å². The Labute approximate surface area is 129 Å². The van der Waals surface area contributed by atoms with E-state index in [0.29, 0.717) is 17.4 Å². The maximum Gasteiger partial charge on any atom is 0.268 e. The number of nitrogens with zero attached hydrogens (tertiary/aromatic N) is 1. The number of anilines is 1. The lowest BCUT2D eigenvalue weighted by atomic mass is 10.0. The van der Waals surface area contributed by atoms with E-state index in [1.807, 2.05) is 18.2 Å². The number of amides is 2. The molecule has 3 N–H and O–H groups in total. The van der Waals surface area contributed by atoms with Crippen LogP contribution in [0.5, 0.6) is 5.75 Å². The highest BCUT2D eigenvalue weighted by Crippen LogP contribution is 2.42. The van der Waals surface area contributed by atoms with E-state index < -0.39 is 6.10 Å². The van der Waals surface area contributed by atoms with Crippen molar-refractivity contribution in [2.45, 2.75) is 31.9 Å². The van der Waals surface area contributed by atoms with Crippen LogP contribution in [-0.2, 0) is 9.59 Å². The van der Waals surface area contributed by atoms with Crippen molar-refractivity contribution in [1.29, 1.82) is 0 Å². The van der Waals surface area contributed by atoms with Crippen LogP contribution >= 0.6 is 0 Å². The van der Waals surface area contributed by atoms with Crippen LogP contribution in [-0.4, -0.2) is 31.5 Å². The maximum atomic E-state index is 12.4. The molecule has 3 rings (SSSR count). The van der Waals surface area contributed by atoms with Gasteiger partial charge in [0, 0.05) is 13.1 Å². The summed E-state index contributed by atoms with van der Waals surface area (Å²) < 4.78 is 5.64. The van der Waals surface area contributed by atoms with Crippen molar-refractivity contribution in [3.8, 4) is 5.75 Å². The second-order valence-corrected chi connectivity index (χ2v) is 5.95. The fourth-order valence-corrected chi connectivity index (χ4v) is 2.74. The highest BCUT2D eigenvalue weighted by Gasteiger charge is 2.35. The quantitative estimate of drug-likeness (QED) is 0.867. The Balaban J connectivity index is 1.95. The van der Waals surface area contributed by atoms with E-state index in [1.165, 1.54) is 4.90 Å². The smallest absolute Gasteiger partial charge is 0.268 e. The van der Waals surface area contributed by atoms with Gasteiger partial charge in [-0.05, 0) is 43.4 Å². The van der Waals surface area contributed by atoms with Crippen LogP contribution in [0, 0.1) is 5.92 Å². The first-order valence-electron chi connectivity index (χ1n) is 7.59. The summed E-state index contributed by atoms with van der Waals surface area (Å²) in [6.45, 7) is 1.67. The molecule has 1 aromatic carbocycles. The molecule has 1 fully saturated rings. The SMILES string of the molecule is CNC(=O)CN1C(=O)C(C)Oc2ccc(C(N)C3CC3)cc21. The molecule has 22 heavy (non-hydrogen) atoms. The number of benzene rings is 1. The third-order valence-electron chi connectivity index (χ3n) is 4.29. The van der Waals surface area contributed by atoms with Crippen molar-refractivity contribution in [2.24, 2.45) is 11.7 Å². The molecule has 1 aliphatic carbocycles. The number of likely N-dealkylation sites (N-methyl/N-ethyl adjacent to an activating group) is 1. The van der Waals surface area contributed by atoms with Crippen LogP contribution in [0.4, 0.5) is 5.69 Å². The van der Waals surface area contributed by atoms with Gasteiger partial charge in [-0.1, -0.05) is 6.07 Å². The van der Waals surface area contributed by atoms with Crippen LogP contribution in [0.3, 0.4) is 0 Å². The molecule has 2 atom stereocenters. The molecule has 2 amide bonds. The second kappa shape index (κ2) is 5.61. The van der Waals surface area contributed by atoms with Gasteiger partial charge in [-0.25, -0.2) is 0 Å². The third-order valence-corrected chi connectivity index (χ3v) is 4.29. The topological polar surface area (TPSA) is 84.7 Å². The molecule has 0 aromatic heterocycles. The molecule has 118 valence electrons. The monoisotopic (exact) mass is 303 g/mol. The molecule has 1 heterocycles. The van der Waals surface area contributed by atoms with E-state index in [0.717, 1.165) is 18.4 Å². The highest BCUT2D eigenvalue weighted by atomic mass is 16.5. The fraction of sp³-hybridized carbons (Fsp3) is 0.500. The normalized spacial score (nSPS) is 21.9. The summed E-state index contributed by atoms with van der Waals surface area (Å²) in [5, 5.41) is 2.55. The predicted molar refractivity (Wildman–Crippen MR) is 82.6 cm³/mol. The molecule has 0 spiro atoms. The minimum atomic E-state index is -0.597. The number of ether oxygens (including phenoxy) is 1.